The van der Waals surface area contributed by atoms with Crippen LogP contribution in [0.25, 0.3) is 0 Å². The number of rotatable bonds is 6. The van der Waals surface area contributed by atoms with Crippen molar-refractivity contribution in [1.82, 2.24) is 15.2 Å². The fourth-order valence-electron chi connectivity index (χ4n) is 6.45. The normalized spacial score (nSPS) is 20.9. The SMILES string of the molecule is O=C(NC1CCC(CN2C(=O)C3(CN(C(=O)c4cccc(F)c4)C3)c3ccccc32)CC1)c1cc(Cl)cnc1C(F)F. The molecule has 2 aliphatic heterocycles. The van der Waals surface area contributed by atoms with Crippen molar-refractivity contribution in [3.63, 3.8) is 0 Å². The number of alkyl halides is 2. The summed E-state index contributed by atoms with van der Waals surface area (Å²) in [6.45, 7) is 0.961. The molecule has 7 nitrogen and oxygen atoms in total. The zero-order valence-corrected chi connectivity index (χ0v) is 23.3. The number of amides is 3. The molecule has 1 spiro atoms. The Balaban J connectivity index is 1.09. The number of fused-ring (bicyclic) bond motifs is 2. The summed E-state index contributed by atoms with van der Waals surface area (Å²) in [4.78, 5) is 46.6. The van der Waals surface area contributed by atoms with Crippen LogP contribution < -0.4 is 10.2 Å². The molecule has 1 aliphatic carbocycles. The van der Waals surface area contributed by atoms with Crippen molar-refractivity contribution < 1.29 is 27.6 Å². The van der Waals surface area contributed by atoms with Gasteiger partial charge in [0.15, 0.2) is 0 Å². The van der Waals surface area contributed by atoms with Crippen LogP contribution in [0.4, 0.5) is 18.9 Å². The maximum atomic E-state index is 13.9. The molecule has 0 bridgehead atoms. The van der Waals surface area contributed by atoms with Gasteiger partial charge in [-0.05, 0) is 67.5 Å². The Kier molecular flexibility index (Phi) is 7.43. The summed E-state index contributed by atoms with van der Waals surface area (Å²) in [5, 5.41) is 2.95. The summed E-state index contributed by atoms with van der Waals surface area (Å²) in [7, 11) is 0. The van der Waals surface area contributed by atoms with E-state index < -0.39 is 29.3 Å². The lowest BCUT2D eigenvalue weighted by atomic mass is 9.74. The van der Waals surface area contributed by atoms with Crippen molar-refractivity contribution in [3.05, 3.63) is 94.0 Å². The number of carbonyl (C=O) groups is 3. The van der Waals surface area contributed by atoms with E-state index in [1.165, 1.54) is 24.3 Å². The Labute approximate surface area is 245 Å². The largest absolute Gasteiger partial charge is 0.349 e. The topological polar surface area (TPSA) is 82.6 Å². The maximum Gasteiger partial charge on any atom is 0.281 e. The lowest BCUT2D eigenvalue weighted by molar-refractivity contribution is -0.128. The first-order valence-electron chi connectivity index (χ1n) is 13.9. The van der Waals surface area contributed by atoms with E-state index in [4.69, 9.17) is 11.6 Å². The number of para-hydroxylation sites is 1. The molecule has 42 heavy (non-hydrogen) atoms. The Hall–Kier alpha value is -3.92. The molecule has 6 rings (SSSR count). The zero-order valence-electron chi connectivity index (χ0n) is 22.5. The van der Waals surface area contributed by atoms with Gasteiger partial charge in [0.25, 0.3) is 18.2 Å². The van der Waals surface area contributed by atoms with Gasteiger partial charge in [-0.1, -0.05) is 35.9 Å². The fourth-order valence-corrected chi connectivity index (χ4v) is 6.61. The molecule has 0 radical (unpaired) electrons. The number of nitrogens with one attached hydrogen (secondary N) is 1. The quantitative estimate of drug-likeness (QED) is 0.405. The van der Waals surface area contributed by atoms with Crippen LogP contribution in [-0.4, -0.2) is 53.3 Å². The van der Waals surface area contributed by atoms with Gasteiger partial charge in [0.1, 0.15) is 16.9 Å². The number of halogens is 4. The van der Waals surface area contributed by atoms with E-state index in [-0.39, 0.29) is 53.0 Å². The van der Waals surface area contributed by atoms with Gasteiger partial charge < -0.3 is 15.1 Å². The molecule has 3 heterocycles. The number of hydrogen-bond acceptors (Lipinski definition) is 4. The number of carbonyl (C=O) groups excluding carboxylic acids is 3. The molecule has 2 aromatic carbocycles. The van der Waals surface area contributed by atoms with Crippen LogP contribution in [0.2, 0.25) is 5.02 Å². The summed E-state index contributed by atoms with van der Waals surface area (Å²) in [5.74, 6) is -1.29. The van der Waals surface area contributed by atoms with E-state index in [9.17, 15) is 27.6 Å². The Morgan fingerprint density at radius 3 is 2.50 bits per heavy atom. The second-order valence-corrected chi connectivity index (χ2v) is 11.7. The number of aromatic nitrogens is 1. The minimum Gasteiger partial charge on any atom is -0.349 e. The summed E-state index contributed by atoms with van der Waals surface area (Å²) < 4.78 is 40.4. The van der Waals surface area contributed by atoms with E-state index in [0.717, 1.165) is 30.3 Å². The predicted octanol–water partition coefficient (Wildman–Crippen LogP) is 5.54. The highest BCUT2D eigenvalue weighted by Crippen LogP contribution is 2.48. The molecular formula is C31H28ClF3N4O3. The van der Waals surface area contributed by atoms with Gasteiger partial charge in [-0.15, -0.1) is 0 Å². The second kappa shape index (κ2) is 11.1. The van der Waals surface area contributed by atoms with Gasteiger partial charge in [-0.3, -0.25) is 19.4 Å². The molecule has 0 unspecified atom stereocenters. The smallest absolute Gasteiger partial charge is 0.281 e. The third-order valence-electron chi connectivity index (χ3n) is 8.60. The van der Waals surface area contributed by atoms with Crippen LogP contribution in [0.3, 0.4) is 0 Å². The lowest BCUT2D eigenvalue weighted by Crippen LogP contribution is -2.65. The number of anilines is 1. The Morgan fingerprint density at radius 2 is 1.79 bits per heavy atom. The molecule has 2 fully saturated rings. The van der Waals surface area contributed by atoms with Crippen molar-refractivity contribution in [2.24, 2.45) is 5.92 Å². The monoisotopic (exact) mass is 596 g/mol. The first-order valence-corrected chi connectivity index (χ1v) is 14.2. The molecule has 3 aliphatic rings. The standard InChI is InChI=1S/C31H28ClF3N4O3/c32-20-13-23(26(27(34)35)36-14-20)28(40)37-22-10-8-18(9-11-22)15-39-25-7-2-1-6-24(25)31(30(39)42)16-38(17-31)29(41)19-4-3-5-21(33)12-19/h1-7,12-14,18,22,27H,8-11,15-17H2,(H,37,40). The van der Waals surface area contributed by atoms with Crippen LogP contribution in [0.5, 0.6) is 0 Å². The molecule has 11 heteroatoms. The van der Waals surface area contributed by atoms with Crippen molar-refractivity contribution in [2.75, 3.05) is 24.5 Å². The van der Waals surface area contributed by atoms with E-state index in [0.29, 0.717) is 19.4 Å². The molecule has 218 valence electrons. The highest BCUT2D eigenvalue weighted by atomic mass is 35.5. The molecule has 1 aromatic heterocycles. The fraction of sp³-hybridized carbons (Fsp3) is 0.355. The minimum atomic E-state index is -2.90. The third-order valence-corrected chi connectivity index (χ3v) is 8.81. The predicted molar refractivity (Wildman–Crippen MR) is 150 cm³/mol. The number of nitrogens with zero attached hydrogens (tertiary/aromatic N) is 3. The summed E-state index contributed by atoms with van der Waals surface area (Å²) in [6.07, 6.45) is 0.951. The van der Waals surface area contributed by atoms with Gasteiger partial charge in [-0.2, -0.15) is 0 Å². The average Bonchev–Trinajstić information content (AvgIpc) is 3.20. The lowest BCUT2D eigenvalue weighted by Gasteiger charge is -2.47. The first-order chi connectivity index (χ1) is 20.2. The highest BCUT2D eigenvalue weighted by Gasteiger charge is 2.59. The van der Waals surface area contributed by atoms with E-state index in [2.05, 4.69) is 10.3 Å². The summed E-state index contributed by atoms with van der Waals surface area (Å²) in [6, 6.07) is 14.2. The first kappa shape index (κ1) is 28.2. The van der Waals surface area contributed by atoms with Crippen molar-refractivity contribution in [3.8, 4) is 0 Å². The van der Waals surface area contributed by atoms with Crippen LogP contribution in [0, 0.1) is 11.7 Å². The van der Waals surface area contributed by atoms with E-state index >= 15 is 0 Å². The molecule has 1 N–H and O–H groups in total. The average molecular weight is 597 g/mol. The second-order valence-electron chi connectivity index (χ2n) is 11.3. The van der Waals surface area contributed by atoms with Gasteiger partial charge in [0.05, 0.1) is 10.6 Å². The zero-order chi connectivity index (χ0) is 29.6. The molecule has 1 saturated heterocycles. The van der Waals surface area contributed by atoms with Gasteiger partial charge >= 0.3 is 0 Å². The maximum absolute atomic E-state index is 13.9. The molecule has 3 amide bonds. The number of hydrogen-bond donors (Lipinski definition) is 1. The summed E-state index contributed by atoms with van der Waals surface area (Å²) in [5.41, 5.74) is 0.333. The van der Waals surface area contributed by atoms with Crippen LogP contribution in [-0.2, 0) is 10.2 Å². The Morgan fingerprint density at radius 1 is 1.05 bits per heavy atom. The summed E-state index contributed by atoms with van der Waals surface area (Å²) >= 11 is 5.90. The van der Waals surface area contributed by atoms with Crippen molar-refractivity contribution in [2.45, 2.75) is 43.6 Å². The van der Waals surface area contributed by atoms with Crippen LogP contribution >= 0.6 is 11.6 Å². The van der Waals surface area contributed by atoms with Crippen molar-refractivity contribution in [1.29, 1.82) is 0 Å². The molecular weight excluding hydrogens is 569 g/mol. The van der Waals surface area contributed by atoms with Crippen molar-refractivity contribution >= 4 is 35.0 Å². The number of likely N-dealkylation sites (tertiary alicyclic amines) is 1. The minimum absolute atomic E-state index is 0.0459. The van der Waals surface area contributed by atoms with E-state index in [1.807, 2.05) is 29.2 Å². The van der Waals surface area contributed by atoms with Gasteiger partial charge in [0, 0.05) is 43.1 Å². The Bertz CT molecular complexity index is 1550. The molecule has 1 saturated carbocycles. The van der Waals surface area contributed by atoms with Gasteiger partial charge in [0.2, 0.25) is 5.91 Å². The molecule has 3 aromatic rings. The van der Waals surface area contributed by atoms with Crippen LogP contribution in [0.1, 0.15) is 64.1 Å². The van der Waals surface area contributed by atoms with Gasteiger partial charge in [-0.25, -0.2) is 13.2 Å². The van der Waals surface area contributed by atoms with Crippen LogP contribution in [0.15, 0.2) is 60.8 Å². The third kappa shape index (κ3) is 5.02. The molecule has 0 atom stereocenters. The number of benzene rings is 2. The highest BCUT2D eigenvalue weighted by molar-refractivity contribution is 6.30. The number of pyridine rings is 1. The van der Waals surface area contributed by atoms with E-state index in [1.54, 1.807) is 11.0 Å².